The number of carbonyl (C=O) groups excluding carboxylic acids is 2. The highest BCUT2D eigenvalue weighted by Gasteiger charge is 2.46. The number of halogens is 1. The van der Waals surface area contributed by atoms with E-state index in [-0.39, 0.29) is 16.6 Å². The Bertz CT molecular complexity index is 740. The topological polar surface area (TPSA) is 85.1 Å². The van der Waals surface area contributed by atoms with Crippen molar-refractivity contribution in [1.82, 2.24) is 4.98 Å². The molecule has 0 aliphatic heterocycles. The number of aromatic nitrogens is 1. The summed E-state index contributed by atoms with van der Waals surface area (Å²) in [6, 6.07) is 6.12. The van der Waals surface area contributed by atoms with Crippen LogP contribution in [0.4, 0.5) is 9.52 Å². The molecule has 5 nitrogen and oxygen atoms in total. The lowest BCUT2D eigenvalue weighted by molar-refractivity contribution is -0.124. The van der Waals surface area contributed by atoms with E-state index >= 15 is 0 Å². The highest BCUT2D eigenvalue weighted by Crippen LogP contribution is 2.44. The number of amides is 2. The number of hydrogen-bond acceptors (Lipinski definition) is 4. The fourth-order valence-electron chi connectivity index (χ4n) is 2.63. The quantitative estimate of drug-likeness (QED) is 0.907. The van der Waals surface area contributed by atoms with Gasteiger partial charge >= 0.3 is 0 Å². The van der Waals surface area contributed by atoms with E-state index in [2.05, 4.69) is 10.3 Å². The maximum absolute atomic E-state index is 13.4. The van der Waals surface area contributed by atoms with E-state index in [1.807, 2.05) is 0 Å². The van der Waals surface area contributed by atoms with E-state index in [0.717, 1.165) is 17.8 Å². The van der Waals surface area contributed by atoms with Crippen LogP contribution in [0, 0.1) is 5.82 Å². The lowest BCUT2D eigenvalue weighted by Gasteiger charge is -2.40. The molecule has 1 saturated carbocycles. The third kappa shape index (κ3) is 2.48. The van der Waals surface area contributed by atoms with Gasteiger partial charge in [-0.05, 0) is 30.5 Å². The Kier molecular flexibility index (Phi) is 3.66. The summed E-state index contributed by atoms with van der Waals surface area (Å²) in [6.07, 6.45) is 3.57. The highest BCUT2D eigenvalue weighted by atomic mass is 32.1. The van der Waals surface area contributed by atoms with E-state index < -0.39 is 11.3 Å². The van der Waals surface area contributed by atoms with E-state index in [9.17, 15) is 14.0 Å². The fraction of sp³-hybridized carbons (Fsp3) is 0.267. The Balaban J connectivity index is 1.84. The zero-order valence-corrected chi connectivity index (χ0v) is 12.5. The molecule has 0 spiro atoms. The summed E-state index contributed by atoms with van der Waals surface area (Å²) in [4.78, 5) is 27.9. The number of nitrogens with zero attached hydrogens (tertiary/aromatic N) is 1. The molecule has 1 fully saturated rings. The summed E-state index contributed by atoms with van der Waals surface area (Å²) < 4.78 is 13.4. The lowest BCUT2D eigenvalue weighted by Crippen LogP contribution is -2.46. The second kappa shape index (κ2) is 5.49. The Morgan fingerprint density at radius 1 is 1.36 bits per heavy atom. The van der Waals surface area contributed by atoms with Crippen LogP contribution in [0.5, 0.6) is 0 Å². The smallest absolute Gasteiger partial charge is 0.260 e. The van der Waals surface area contributed by atoms with Gasteiger partial charge in [0.2, 0.25) is 5.91 Å². The number of rotatable bonds is 4. The van der Waals surface area contributed by atoms with Crippen molar-refractivity contribution in [2.45, 2.75) is 24.7 Å². The normalized spacial score (nSPS) is 15.9. The zero-order chi connectivity index (χ0) is 15.7. The number of primary amides is 1. The van der Waals surface area contributed by atoms with Gasteiger partial charge in [0.1, 0.15) is 10.7 Å². The molecule has 3 N–H and O–H groups in total. The number of carbonyl (C=O) groups is 2. The van der Waals surface area contributed by atoms with Gasteiger partial charge in [-0.1, -0.05) is 29.9 Å². The van der Waals surface area contributed by atoms with Crippen LogP contribution in [0.3, 0.4) is 0 Å². The van der Waals surface area contributed by atoms with Crippen LogP contribution >= 0.6 is 11.3 Å². The fourth-order valence-corrected chi connectivity index (χ4v) is 3.29. The van der Waals surface area contributed by atoms with E-state index in [1.165, 1.54) is 18.3 Å². The number of hydrogen-bond donors (Lipinski definition) is 2. The van der Waals surface area contributed by atoms with Gasteiger partial charge in [-0.15, -0.1) is 0 Å². The van der Waals surface area contributed by atoms with Crippen LogP contribution in [0.1, 0.15) is 34.5 Å². The maximum atomic E-state index is 13.4. The molecule has 0 bridgehead atoms. The van der Waals surface area contributed by atoms with Gasteiger partial charge in [0.25, 0.3) is 5.91 Å². The summed E-state index contributed by atoms with van der Waals surface area (Å²) in [5.41, 5.74) is 5.11. The summed E-state index contributed by atoms with van der Waals surface area (Å²) >= 11 is 1.03. The first-order valence-corrected chi connectivity index (χ1v) is 7.66. The summed E-state index contributed by atoms with van der Waals surface area (Å²) in [5, 5.41) is 3.04. The van der Waals surface area contributed by atoms with Gasteiger partial charge in [0, 0.05) is 0 Å². The molecule has 7 heteroatoms. The first kappa shape index (κ1) is 14.6. The second-order valence-electron chi connectivity index (χ2n) is 5.29. The van der Waals surface area contributed by atoms with Crippen LogP contribution in [0.2, 0.25) is 0 Å². The minimum absolute atomic E-state index is 0.227. The molecule has 0 radical (unpaired) electrons. The van der Waals surface area contributed by atoms with Crippen molar-refractivity contribution in [1.29, 1.82) is 0 Å². The van der Waals surface area contributed by atoms with E-state index in [4.69, 9.17) is 5.73 Å². The number of anilines is 1. The standard InChI is InChI=1S/C15H14FN3O2S/c16-10-4-1-3-9(7-10)15(5-2-6-15)13(21)19-14-18-8-11(22-14)12(17)20/h1,3-4,7-8H,2,5-6H2,(H2,17,20)(H,18,19,21). The lowest BCUT2D eigenvalue weighted by atomic mass is 9.64. The number of nitrogens with two attached hydrogens (primary N) is 1. The van der Waals surface area contributed by atoms with Crippen LogP contribution in [-0.2, 0) is 10.2 Å². The van der Waals surface area contributed by atoms with Gasteiger partial charge < -0.3 is 11.1 Å². The van der Waals surface area contributed by atoms with Gasteiger partial charge in [0.05, 0.1) is 11.6 Å². The van der Waals surface area contributed by atoms with Crippen molar-refractivity contribution in [3.8, 4) is 0 Å². The Labute approximate surface area is 130 Å². The number of nitrogens with one attached hydrogen (secondary N) is 1. The summed E-state index contributed by atoms with van der Waals surface area (Å²) in [7, 11) is 0. The molecule has 1 aromatic heterocycles. The maximum Gasteiger partial charge on any atom is 0.260 e. The van der Waals surface area contributed by atoms with Crippen molar-refractivity contribution in [2.24, 2.45) is 5.73 Å². The molecule has 3 rings (SSSR count). The predicted molar refractivity (Wildman–Crippen MR) is 81.2 cm³/mol. The van der Waals surface area contributed by atoms with Crippen LogP contribution in [-0.4, -0.2) is 16.8 Å². The van der Waals surface area contributed by atoms with Crippen molar-refractivity contribution < 1.29 is 14.0 Å². The first-order valence-electron chi connectivity index (χ1n) is 6.84. The Hall–Kier alpha value is -2.28. The minimum atomic E-state index is -0.722. The van der Waals surface area contributed by atoms with E-state index in [0.29, 0.717) is 23.5 Å². The zero-order valence-electron chi connectivity index (χ0n) is 11.6. The van der Waals surface area contributed by atoms with Crippen molar-refractivity contribution in [2.75, 3.05) is 5.32 Å². The van der Waals surface area contributed by atoms with Crippen LogP contribution < -0.4 is 11.1 Å². The average Bonchev–Trinajstić information content (AvgIpc) is 2.86. The molecule has 22 heavy (non-hydrogen) atoms. The molecule has 1 aliphatic carbocycles. The molecular formula is C15H14FN3O2S. The van der Waals surface area contributed by atoms with Gasteiger partial charge in [-0.25, -0.2) is 9.37 Å². The molecule has 1 heterocycles. The van der Waals surface area contributed by atoms with Crippen molar-refractivity contribution >= 4 is 28.3 Å². The second-order valence-corrected chi connectivity index (χ2v) is 6.32. The molecule has 114 valence electrons. The van der Waals surface area contributed by atoms with Gasteiger partial charge in [-0.2, -0.15) is 0 Å². The van der Waals surface area contributed by atoms with E-state index in [1.54, 1.807) is 12.1 Å². The highest BCUT2D eigenvalue weighted by molar-refractivity contribution is 7.17. The monoisotopic (exact) mass is 319 g/mol. The van der Waals surface area contributed by atoms with Crippen LogP contribution in [0.15, 0.2) is 30.5 Å². The Morgan fingerprint density at radius 3 is 2.68 bits per heavy atom. The SMILES string of the molecule is NC(=O)c1cnc(NC(=O)C2(c3cccc(F)c3)CCC2)s1. The molecule has 0 atom stereocenters. The molecule has 0 saturated heterocycles. The Morgan fingerprint density at radius 2 is 2.14 bits per heavy atom. The minimum Gasteiger partial charge on any atom is -0.365 e. The van der Waals surface area contributed by atoms with Gasteiger partial charge in [0.15, 0.2) is 5.13 Å². The third-order valence-corrected chi connectivity index (χ3v) is 4.92. The largest absolute Gasteiger partial charge is 0.365 e. The van der Waals surface area contributed by atoms with Crippen molar-refractivity contribution in [3.05, 3.63) is 46.7 Å². The molecular weight excluding hydrogens is 305 g/mol. The third-order valence-electron chi connectivity index (χ3n) is 3.99. The molecule has 1 aliphatic rings. The number of thiazole rings is 1. The number of benzene rings is 1. The summed E-state index contributed by atoms with van der Waals surface area (Å²) in [6.45, 7) is 0. The predicted octanol–water partition coefficient (Wildman–Crippen LogP) is 2.44. The molecule has 0 unspecified atom stereocenters. The first-order chi connectivity index (χ1) is 10.5. The summed E-state index contributed by atoms with van der Waals surface area (Å²) in [5.74, 6) is -1.17. The molecule has 2 aromatic rings. The van der Waals surface area contributed by atoms with Crippen molar-refractivity contribution in [3.63, 3.8) is 0 Å². The van der Waals surface area contributed by atoms with Gasteiger partial charge in [-0.3, -0.25) is 9.59 Å². The molecule has 1 aromatic carbocycles. The van der Waals surface area contributed by atoms with Crippen LogP contribution in [0.25, 0.3) is 0 Å². The molecule has 2 amide bonds. The average molecular weight is 319 g/mol.